The SMILES string of the molecule is CC[C@H](C)[C@@H]([C@@H](CC(=O)N1CCC[C@H]1[C@H](OC)[C@@H](C)C(=O)N[C@H](C)[C@@H](O)c1ccccc1)OC)N(C)C(=O)[C@@H](NC(=O)[C@H](C(C)C)N(C)C(=O)OCc1ccc(NC(=O)[C@H](C)NC(=O)[C@@H](N)C(C)C)c(O[C@@H]2O[C@H](C(=O)O)[C@@H](O)[C@H](O)[C@H]2O)c1)C(C)C. The molecule has 488 valence electrons. The van der Waals surface area contributed by atoms with Crippen LogP contribution in [0.25, 0.3) is 0 Å². The van der Waals surface area contributed by atoms with Crippen molar-refractivity contribution in [1.29, 1.82) is 0 Å². The van der Waals surface area contributed by atoms with Gasteiger partial charge in [-0.1, -0.05) is 105 Å². The number of likely N-dealkylation sites (N-methyl/N-ethyl adjacent to an activating group) is 2. The van der Waals surface area contributed by atoms with Crippen LogP contribution < -0.4 is 31.7 Å². The number of hydrogen-bond acceptors (Lipinski definition) is 18. The fourth-order valence-corrected chi connectivity index (χ4v) is 11.0. The molecule has 26 heteroatoms. The molecule has 0 aliphatic carbocycles. The molecule has 2 heterocycles. The Morgan fingerprint density at radius 2 is 1.41 bits per heavy atom. The molecule has 2 aromatic rings. The van der Waals surface area contributed by atoms with Crippen molar-refractivity contribution in [1.82, 2.24) is 30.7 Å². The van der Waals surface area contributed by atoms with Crippen LogP contribution in [-0.4, -0.2) is 208 Å². The monoisotopic (exact) mass is 1230 g/mol. The molecular weight excluding hydrogens is 1130 g/mol. The third-order valence-corrected chi connectivity index (χ3v) is 16.6. The lowest BCUT2D eigenvalue weighted by molar-refractivity contribution is -0.271. The molecule has 11 N–H and O–H groups in total. The van der Waals surface area contributed by atoms with Gasteiger partial charge in [0.25, 0.3) is 0 Å². The lowest BCUT2D eigenvalue weighted by Gasteiger charge is -2.41. The van der Waals surface area contributed by atoms with Crippen molar-refractivity contribution in [2.45, 2.75) is 200 Å². The van der Waals surface area contributed by atoms with Crippen LogP contribution in [0.15, 0.2) is 48.5 Å². The smallest absolute Gasteiger partial charge is 0.410 e. The second kappa shape index (κ2) is 33.2. The Kier molecular flexibility index (Phi) is 27.8. The highest BCUT2D eigenvalue weighted by atomic mass is 16.7. The van der Waals surface area contributed by atoms with Crippen molar-refractivity contribution in [3.8, 4) is 5.75 Å². The minimum atomic E-state index is -2.04. The second-order valence-electron chi connectivity index (χ2n) is 24.0. The van der Waals surface area contributed by atoms with Gasteiger partial charge in [0.15, 0.2) is 6.10 Å². The number of aliphatic carboxylic acids is 1. The van der Waals surface area contributed by atoms with Crippen molar-refractivity contribution >= 4 is 53.2 Å². The van der Waals surface area contributed by atoms with Gasteiger partial charge in [-0.2, -0.15) is 0 Å². The summed E-state index contributed by atoms with van der Waals surface area (Å²) in [7, 11) is 5.92. The molecule has 0 unspecified atom stereocenters. The molecule has 17 atom stereocenters. The third-order valence-electron chi connectivity index (χ3n) is 16.6. The normalized spacial score (nSPS) is 22.5. The maximum Gasteiger partial charge on any atom is 0.410 e. The molecule has 0 aromatic heterocycles. The van der Waals surface area contributed by atoms with E-state index in [2.05, 4.69) is 21.3 Å². The Morgan fingerprint density at radius 1 is 0.770 bits per heavy atom. The summed E-state index contributed by atoms with van der Waals surface area (Å²) in [5.74, 6) is -7.25. The van der Waals surface area contributed by atoms with Crippen LogP contribution in [-0.2, 0) is 59.1 Å². The van der Waals surface area contributed by atoms with E-state index >= 15 is 0 Å². The first kappa shape index (κ1) is 73.0. The zero-order valence-corrected chi connectivity index (χ0v) is 52.9. The standard InChI is InChI=1S/C61H96N8O18/c1-16-33(8)47(42(83-14)28-43(70)69-26-20-23-40(69)52(84-15)34(9)54(75)63-35(10)48(71)38-21-18-17-19-22-38)67(12)58(79)45(31(4)5)66-57(78)46(32(6)7)68(13)61(82)85-29-37-24-25-39(65-55(76)36(11)64-56(77)44(62)30(2)3)41(27-37)86-60-51(74)49(72)50(73)53(87-60)59(80)81/h17-19,21-22,24-25,27,30-36,40,42,44-53,60,71-74H,16,20,23,26,28-29,62H2,1-15H3,(H,63,75)(H,64,77)(H,65,76)(H,66,78)(H,80,81)/t33-,34+,35+,36-,40-,42+,44-,45-,46-,47-,48+,49-,50-,51+,52+,53-,60+/m0/s1. The van der Waals surface area contributed by atoms with Crippen molar-refractivity contribution in [3.05, 3.63) is 59.7 Å². The molecule has 87 heavy (non-hydrogen) atoms. The molecule has 2 aliphatic rings. The summed E-state index contributed by atoms with van der Waals surface area (Å²) in [5.41, 5.74) is 6.71. The number of rotatable bonds is 30. The van der Waals surface area contributed by atoms with E-state index < -0.39 is 151 Å². The van der Waals surface area contributed by atoms with Gasteiger partial charge in [-0.15, -0.1) is 0 Å². The highest BCUT2D eigenvalue weighted by Crippen LogP contribution is 2.33. The van der Waals surface area contributed by atoms with Crippen LogP contribution in [0.4, 0.5) is 10.5 Å². The minimum absolute atomic E-state index is 0.100. The highest BCUT2D eigenvalue weighted by molar-refractivity contribution is 5.98. The van der Waals surface area contributed by atoms with Crippen LogP contribution in [0, 0.1) is 29.6 Å². The largest absolute Gasteiger partial charge is 0.479 e. The topological polar surface area (TPSA) is 368 Å². The van der Waals surface area contributed by atoms with Gasteiger partial charge in [0.2, 0.25) is 41.7 Å². The first-order valence-corrected chi connectivity index (χ1v) is 29.8. The molecule has 0 spiro atoms. The average Bonchev–Trinajstić information content (AvgIpc) is 3.12. The van der Waals surface area contributed by atoms with Crippen LogP contribution in [0.5, 0.6) is 5.75 Å². The number of nitrogens with two attached hydrogens (primary N) is 1. The number of anilines is 1. The lowest BCUT2D eigenvalue weighted by Crippen LogP contribution is -2.61. The van der Waals surface area contributed by atoms with Gasteiger partial charge in [-0.05, 0) is 73.6 Å². The van der Waals surface area contributed by atoms with Crippen LogP contribution in [0.1, 0.15) is 119 Å². The summed E-state index contributed by atoms with van der Waals surface area (Å²) < 4.78 is 28.9. The fraction of sp³-hybridized carbons (Fsp3) is 0.672. The van der Waals surface area contributed by atoms with Crippen molar-refractivity contribution in [2.24, 2.45) is 35.3 Å². The van der Waals surface area contributed by atoms with E-state index in [0.29, 0.717) is 31.4 Å². The Bertz CT molecular complexity index is 2630. The van der Waals surface area contributed by atoms with Gasteiger partial charge in [0.1, 0.15) is 48.8 Å². The summed E-state index contributed by atoms with van der Waals surface area (Å²) in [6.45, 7) is 19.0. The van der Waals surface area contributed by atoms with Crippen molar-refractivity contribution in [2.75, 3.05) is 40.2 Å². The van der Waals surface area contributed by atoms with E-state index in [0.717, 1.165) is 4.90 Å². The number of aliphatic hydroxyl groups excluding tert-OH is 4. The van der Waals surface area contributed by atoms with Crippen LogP contribution >= 0.6 is 0 Å². The van der Waals surface area contributed by atoms with Gasteiger partial charge in [0.05, 0.1) is 60.5 Å². The summed E-state index contributed by atoms with van der Waals surface area (Å²) in [4.78, 5) is 114. The number of carboxylic acids is 1. The molecule has 0 saturated carbocycles. The van der Waals surface area contributed by atoms with Gasteiger partial charge >= 0.3 is 12.1 Å². The molecule has 26 nitrogen and oxygen atoms in total. The maximum absolute atomic E-state index is 14.8. The van der Waals surface area contributed by atoms with Gasteiger partial charge in [-0.25, -0.2) is 9.59 Å². The van der Waals surface area contributed by atoms with Gasteiger partial charge < -0.3 is 86.0 Å². The number of hydrogen-bond donors (Lipinski definition) is 10. The summed E-state index contributed by atoms with van der Waals surface area (Å²) in [6.07, 6.45) is -11.8. The summed E-state index contributed by atoms with van der Waals surface area (Å²) in [5, 5.41) is 63.1. The number of nitrogens with one attached hydrogen (secondary N) is 4. The molecule has 2 aliphatic heterocycles. The van der Waals surface area contributed by atoms with Gasteiger partial charge in [0, 0.05) is 34.9 Å². The lowest BCUT2D eigenvalue weighted by atomic mass is 9.89. The molecular formula is C61H96N8O18. The van der Waals surface area contributed by atoms with E-state index in [1.165, 1.54) is 51.3 Å². The van der Waals surface area contributed by atoms with E-state index in [9.17, 15) is 63.9 Å². The molecule has 4 rings (SSSR count). The van der Waals surface area contributed by atoms with E-state index in [1.807, 2.05) is 19.9 Å². The Morgan fingerprint density at radius 3 is 1.98 bits per heavy atom. The first-order valence-electron chi connectivity index (χ1n) is 29.8. The Hall–Kier alpha value is -6.52. The van der Waals surface area contributed by atoms with Crippen molar-refractivity contribution in [3.63, 3.8) is 0 Å². The predicted molar refractivity (Wildman–Crippen MR) is 319 cm³/mol. The average molecular weight is 1230 g/mol. The molecule has 0 radical (unpaired) electrons. The number of likely N-dealkylation sites (tertiary alicyclic amines) is 1. The number of carbonyl (C=O) groups excluding carboxylic acids is 7. The number of aliphatic hydroxyl groups is 4. The predicted octanol–water partition coefficient (Wildman–Crippen LogP) is 2.28. The Labute approximate surface area is 510 Å². The number of carboxylic acid groups (broad SMARTS) is 1. The molecule has 2 fully saturated rings. The third kappa shape index (κ3) is 18.8. The van der Waals surface area contributed by atoms with E-state index in [-0.39, 0.29) is 47.1 Å². The molecule has 0 bridgehead atoms. The zero-order valence-electron chi connectivity index (χ0n) is 52.9. The van der Waals surface area contributed by atoms with Crippen LogP contribution in [0.2, 0.25) is 0 Å². The van der Waals surface area contributed by atoms with Crippen LogP contribution in [0.3, 0.4) is 0 Å². The molecule has 7 amide bonds. The number of amides is 7. The number of methoxy groups -OCH3 is 2. The van der Waals surface area contributed by atoms with E-state index in [1.54, 1.807) is 91.6 Å². The van der Waals surface area contributed by atoms with E-state index in [4.69, 9.17) is 29.4 Å². The van der Waals surface area contributed by atoms with Crippen molar-refractivity contribution < 1.29 is 87.6 Å². The molecule has 2 aromatic carbocycles. The number of carbonyl (C=O) groups is 8. The summed E-state index contributed by atoms with van der Waals surface area (Å²) in [6, 6.07) is 6.87. The minimum Gasteiger partial charge on any atom is -0.479 e. The first-order chi connectivity index (χ1) is 40.8. The Balaban J connectivity index is 1.51. The fourth-order valence-electron chi connectivity index (χ4n) is 11.0. The van der Waals surface area contributed by atoms with Gasteiger partial charge in [-0.3, -0.25) is 33.7 Å². The summed E-state index contributed by atoms with van der Waals surface area (Å²) >= 11 is 0. The number of ether oxygens (including phenoxy) is 5. The zero-order chi connectivity index (χ0) is 65.5. The molecule has 2 saturated heterocycles. The number of benzene rings is 2. The highest BCUT2D eigenvalue weighted by Gasteiger charge is 2.49. The number of nitrogens with zero attached hydrogens (tertiary/aromatic N) is 3. The maximum atomic E-state index is 14.8. The second-order valence-corrected chi connectivity index (χ2v) is 24.0. The quantitative estimate of drug-likeness (QED) is 0.0536.